The van der Waals surface area contributed by atoms with Crippen molar-refractivity contribution in [3.63, 3.8) is 0 Å². The van der Waals surface area contributed by atoms with Crippen LogP contribution in [-0.2, 0) is 25.4 Å². The van der Waals surface area contributed by atoms with Crippen LogP contribution in [0.1, 0.15) is 26.3 Å². The lowest BCUT2D eigenvalue weighted by atomic mass is 10.1. The van der Waals surface area contributed by atoms with Crippen LogP contribution in [0.2, 0.25) is 0 Å². The van der Waals surface area contributed by atoms with Gasteiger partial charge in [-0.25, -0.2) is 9.04 Å². The summed E-state index contributed by atoms with van der Waals surface area (Å²) in [5.74, 6) is 0.347. The highest BCUT2D eigenvalue weighted by atomic mass is 32.2. The van der Waals surface area contributed by atoms with E-state index in [2.05, 4.69) is 15.4 Å². The first kappa shape index (κ1) is 21.2. The Kier molecular flexibility index (Phi) is 7.66. The zero-order valence-corrected chi connectivity index (χ0v) is 17.0. The maximum Gasteiger partial charge on any atom is 0.276 e. The van der Waals surface area contributed by atoms with Gasteiger partial charge in [0.05, 0.1) is 16.0 Å². The van der Waals surface area contributed by atoms with E-state index in [9.17, 15) is 12.6 Å². The van der Waals surface area contributed by atoms with Crippen LogP contribution in [0.5, 0.6) is 0 Å². The Hall–Kier alpha value is -2.07. The summed E-state index contributed by atoms with van der Waals surface area (Å²) in [6, 6.07) is 14.6. The minimum Gasteiger partial charge on any atom is -0.223 e. The summed E-state index contributed by atoms with van der Waals surface area (Å²) in [4.78, 5) is 2.77. The van der Waals surface area contributed by atoms with E-state index in [1.165, 1.54) is 18.3 Å². The molecule has 27 heavy (non-hydrogen) atoms. The summed E-state index contributed by atoms with van der Waals surface area (Å²) in [5, 5.41) is 3.76. The Morgan fingerprint density at radius 2 is 1.67 bits per heavy atom. The van der Waals surface area contributed by atoms with Crippen molar-refractivity contribution < 1.29 is 16.9 Å². The quantitative estimate of drug-likeness (QED) is 0.490. The van der Waals surface area contributed by atoms with Crippen molar-refractivity contribution in [2.24, 2.45) is 11.0 Å². The molecule has 146 valence electrons. The molecule has 0 saturated heterocycles. The second-order valence-corrected chi connectivity index (χ2v) is 8.97. The number of hydrogen-bond acceptors (Lipinski definition) is 6. The molecule has 2 N–H and O–H groups in total. The van der Waals surface area contributed by atoms with Gasteiger partial charge in [-0.1, -0.05) is 44.2 Å². The first-order chi connectivity index (χ1) is 12.8. The average Bonchev–Trinajstić information content (AvgIpc) is 2.66. The monoisotopic (exact) mass is 409 g/mol. The number of hydrazone groups is 1. The molecule has 2 unspecified atom stereocenters. The first-order valence-corrected chi connectivity index (χ1v) is 10.9. The number of nitrogens with zero attached hydrogens (tertiary/aromatic N) is 1. The molecular formula is C18H23N3O4S2. The van der Waals surface area contributed by atoms with Gasteiger partial charge in [0.25, 0.3) is 10.0 Å². The Balaban J connectivity index is 1.93. The zero-order valence-electron chi connectivity index (χ0n) is 15.3. The molecule has 0 amide bonds. The summed E-state index contributed by atoms with van der Waals surface area (Å²) >= 11 is -1.64. The summed E-state index contributed by atoms with van der Waals surface area (Å²) in [5.41, 5.74) is 3.41. The normalized spacial score (nSPS) is 14.4. The van der Waals surface area contributed by atoms with Gasteiger partial charge in [0.1, 0.15) is 0 Å². The standard InChI is InChI=1S/C18H23N3O4S2/c1-14(2)15(3)20-25-26(22)17-11-9-16(10-12-17)13-19-21-27(23,24)18-7-5-4-6-8-18/h4-15,20-21H,1-3H3/b19-13-. The highest BCUT2D eigenvalue weighted by molar-refractivity contribution is 7.89. The predicted octanol–water partition coefficient (Wildman–Crippen LogP) is 2.59. The van der Waals surface area contributed by atoms with E-state index in [-0.39, 0.29) is 10.9 Å². The molecule has 2 aromatic rings. The number of hydroxylamine groups is 1. The van der Waals surface area contributed by atoms with Gasteiger partial charge in [-0.05, 0) is 42.7 Å². The third kappa shape index (κ3) is 6.55. The van der Waals surface area contributed by atoms with Crippen LogP contribution in [-0.4, -0.2) is 24.9 Å². The van der Waals surface area contributed by atoms with E-state index in [1.807, 2.05) is 20.8 Å². The summed E-state index contributed by atoms with van der Waals surface area (Å²) < 4.78 is 41.4. The lowest BCUT2D eigenvalue weighted by molar-refractivity contribution is 0.160. The first-order valence-electron chi connectivity index (χ1n) is 8.34. The Labute approximate surface area is 162 Å². The lowest BCUT2D eigenvalue weighted by Crippen LogP contribution is -2.31. The van der Waals surface area contributed by atoms with Crippen molar-refractivity contribution in [2.75, 3.05) is 0 Å². The molecule has 2 rings (SSSR count). The lowest BCUT2D eigenvalue weighted by Gasteiger charge is -2.15. The van der Waals surface area contributed by atoms with Crippen molar-refractivity contribution in [3.8, 4) is 0 Å². The average molecular weight is 410 g/mol. The fourth-order valence-electron chi connectivity index (χ4n) is 1.79. The van der Waals surface area contributed by atoms with Gasteiger partial charge >= 0.3 is 0 Å². The third-order valence-corrected chi connectivity index (χ3v) is 5.97. The molecule has 0 aliphatic heterocycles. The predicted molar refractivity (Wildman–Crippen MR) is 106 cm³/mol. The van der Waals surface area contributed by atoms with Gasteiger partial charge in [0, 0.05) is 6.04 Å². The highest BCUT2D eigenvalue weighted by Gasteiger charge is 2.12. The van der Waals surface area contributed by atoms with Gasteiger partial charge in [-0.2, -0.15) is 23.3 Å². The topological polar surface area (TPSA) is 96.9 Å². The molecule has 0 heterocycles. The van der Waals surface area contributed by atoms with Crippen molar-refractivity contribution in [1.82, 2.24) is 10.3 Å². The van der Waals surface area contributed by atoms with Crippen LogP contribution in [0.25, 0.3) is 0 Å². The molecule has 0 aromatic heterocycles. The summed E-state index contributed by atoms with van der Waals surface area (Å²) in [7, 11) is -3.70. The fourth-order valence-corrected chi connectivity index (χ4v) is 3.30. The fraction of sp³-hybridized carbons (Fsp3) is 0.278. The molecule has 0 fully saturated rings. The highest BCUT2D eigenvalue weighted by Crippen LogP contribution is 2.10. The van der Waals surface area contributed by atoms with Gasteiger partial charge in [-0.15, -0.1) is 0 Å². The minimum absolute atomic E-state index is 0.0676. The second kappa shape index (κ2) is 9.75. The number of rotatable bonds is 9. The van der Waals surface area contributed by atoms with E-state index >= 15 is 0 Å². The van der Waals surface area contributed by atoms with Crippen LogP contribution in [0.15, 0.2) is 69.5 Å². The van der Waals surface area contributed by atoms with E-state index in [4.69, 9.17) is 4.28 Å². The van der Waals surface area contributed by atoms with Crippen molar-refractivity contribution in [3.05, 3.63) is 60.2 Å². The van der Waals surface area contributed by atoms with Crippen LogP contribution in [0.3, 0.4) is 0 Å². The molecule has 0 radical (unpaired) electrons. The largest absolute Gasteiger partial charge is 0.276 e. The molecule has 0 aliphatic carbocycles. The van der Waals surface area contributed by atoms with Crippen LogP contribution in [0, 0.1) is 5.92 Å². The Morgan fingerprint density at radius 3 is 2.26 bits per heavy atom. The number of hydrogen-bond donors (Lipinski definition) is 2. The van der Waals surface area contributed by atoms with E-state index < -0.39 is 21.1 Å². The van der Waals surface area contributed by atoms with E-state index in [1.54, 1.807) is 42.5 Å². The van der Waals surface area contributed by atoms with Crippen molar-refractivity contribution >= 4 is 27.3 Å². The summed E-state index contributed by atoms with van der Waals surface area (Å²) in [6.45, 7) is 6.01. The summed E-state index contributed by atoms with van der Waals surface area (Å²) in [6.07, 6.45) is 1.37. The van der Waals surface area contributed by atoms with Gasteiger partial charge in [-0.3, -0.25) is 0 Å². The molecule has 0 saturated carbocycles. The molecule has 2 aromatic carbocycles. The van der Waals surface area contributed by atoms with Crippen LogP contribution < -0.4 is 10.3 Å². The van der Waals surface area contributed by atoms with Crippen molar-refractivity contribution in [1.29, 1.82) is 0 Å². The van der Waals surface area contributed by atoms with Crippen LogP contribution >= 0.6 is 0 Å². The number of benzene rings is 2. The van der Waals surface area contributed by atoms with E-state index in [0.29, 0.717) is 16.4 Å². The van der Waals surface area contributed by atoms with Crippen molar-refractivity contribution in [2.45, 2.75) is 36.6 Å². The van der Waals surface area contributed by atoms with Crippen LogP contribution in [0.4, 0.5) is 0 Å². The smallest absolute Gasteiger partial charge is 0.223 e. The molecule has 2 atom stereocenters. The second-order valence-electron chi connectivity index (χ2n) is 6.20. The molecule has 7 nitrogen and oxygen atoms in total. The van der Waals surface area contributed by atoms with Gasteiger partial charge in [0.2, 0.25) is 11.1 Å². The van der Waals surface area contributed by atoms with Gasteiger partial charge in [0.15, 0.2) is 0 Å². The maximum atomic E-state index is 12.1. The Bertz CT molecular complexity index is 883. The molecule has 0 aliphatic rings. The molecular weight excluding hydrogens is 386 g/mol. The number of sulfonamides is 1. The minimum atomic E-state index is -3.70. The molecule has 0 bridgehead atoms. The van der Waals surface area contributed by atoms with Gasteiger partial charge < -0.3 is 0 Å². The molecule has 9 heteroatoms. The Morgan fingerprint density at radius 1 is 1.04 bits per heavy atom. The SMILES string of the molecule is CC(C)C(C)NOS(=O)c1ccc(/C=N\NS(=O)(=O)c2ccccc2)cc1. The molecule has 0 spiro atoms. The van der Waals surface area contributed by atoms with E-state index in [0.717, 1.165) is 0 Å². The third-order valence-electron chi connectivity index (χ3n) is 3.82. The zero-order chi connectivity index (χ0) is 19.9. The number of nitrogens with one attached hydrogen (secondary N) is 2. The maximum absolute atomic E-state index is 12.1.